The first kappa shape index (κ1) is 12.4. The molecule has 0 aromatic heterocycles. The van der Waals surface area contributed by atoms with E-state index in [0.29, 0.717) is 5.56 Å². The molecule has 0 saturated heterocycles. The number of aliphatic carboxylic acids is 1. The van der Waals surface area contributed by atoms with Gasteiger partial charge in [0.05, 0.1) is 10.6 Å². The summed E-state index contributed by atoms with van der Waals surface area (Å²) < 4.78 is 13.6. The molecule has 0 radical (unpaired) electrons. The summed E-state index contributed by atoms with van der Waals surface area (Å²) >= 11 is 7.35. The van der Waals surface area contributed by atoms with Crippen LogP contribution in [0.3, 0.4) is 0 Å². The summed E-state index contributed by atoms with van der Waals surface area (Å²) in [5.41, 5.74) is -0.111. The monoisotopic (exact) mass is 342 g/mol. The Morgan fingerprint density at radius 1 is 1.53 bits per heavy atom. The van der Waals surface area contributed by atoms with Crippen LogP contribution in [-0.4, -0.2) is 16.9 Å². The van der Waals surface area contributed by atoms with E-state index in [2.05, 4.69) is 0 Å². The number of hydrogen-bond donors (Lipinski definition) is 1. The molecule has 0 saturated carbocycles. The number of carbonyl (C=O) groups is 2. The van der Waals surface area contributed by atoms with Crippen LogP contribution in [0.5, 0.6) is 0 Å². The highest BCUT2D eigenvalue weighted by Crippen LogP contribution is 2.27. The van der Waals surface area contributed by atoms with Crippen LogP contribution in [0.2, 0.25) is 5.02 Å². The number of carboxylic acids is 1. The molecule has 80 valence electrons. The second-order valence-electron chi connectivity index (χ2n) is 2.81. The first-order chi connectivity index (χ1) is 6.86. The third kappa shape index (κ3) is 2.28. The maximum Gasteiger partial charge on any atom is 0.377 e. The molecule has 0 unspecified atom stereocenters. The Hall–Kier alpha value is -0.690. The summed E-state index contributed by atoms with van der Waals surface area (Å²) in [5.74, 6) is -3.95. The van der Waals surface area contributed by atoms with Crippen molar-refractivity contribution in [2.45, 2.75) is 6.92 Å². The lowest BCUT2D eigenvalue weighted by Gasteiger charge is -2.06. The average Bonchev–Trinajstić information content (AvgIpc) is 2.15. The van der Waals surface area contributed by atoms with Crippen molar-refractivity contribution in [2.75, 3.05) is 0 Å². The molecule has 15 heavy (non-hydrogen) atoms. The predicted molar refractivity (Wildman–Crippen MR) is 60.8 cm³/mol. The van der Waals surface area contributed by atoms with Crippen molar-refractivity contribution in [3.8, 4) is 0 Å². The van der Waals surface area contributed by atoms with Crippen LogP contribution < -0.4 is 0 Å². The Kier molecular flexibility index (Phi) is 3.67. The minimum Gasteiger partial charge on any atom is -0.475 e. The lowest BCUT2D eigenvalue weighted by molar-refractivity contribution is -0.131. The molecule has 3 nitrogen and oxygen atoms in total. The number of benzene rings is 1. The van der Waals surface area contributed by atoms with E-state index in [4.69, 9.17) is 16.7 Å². The van der Waals surface area contributed by atoms with Gasteiger partial charge in [-0.15, -0.1) is 0 Å². The molecule has 0 spiro atoms. The molecule has 1 N–H and O–H groups in total. The van der Waals surface area contributed by atoms with Crippen molar-refractivity contribution in [3.63, 3.8) is 0 Å². The SMILES string of the molecule is Cc1cc(I)c(F)c(C(=O)C(=O)O)c1Cl. The van der Waals surface area contributed by atoms with Crippen molar-refractivity contribution >= 4 is 45.9 Å². The van der Waals surface area contributed by atoms with Crippen molar-refractivity contribution in [1.29, 1.82) is 0 Å². The van der Waals surface area contributed by atoms with E-state index in [0.717, 1.165) is 0 Å². The molecule has 0 aliphatic rings. The molecule has 0 heterocycles. The van der Waals surface area contributed by atoms with Gasteiger partial charge in [-0.2, -0.15) is 0 Å². The number of carboxylic acid groups (broad SMARTS) is 1. The zero-order valence-electron chi connectivity index (χ0n) is 7.47. The van der Waals surface area contributed by atoms with E-state index in [1.165, 1.54) is 6.07 Å². The molecule has 1 rings (SSSR count). The van der Waals surface area contributed by atoms with Crippen molar-refractivity contribution < 1.29 is 19.1 Å². The number of Topliss-reactive ketones (excluding diaryl/α,β-unsaturated/α-hetero) is 1. The Morgan fingerprint density at radius 2 is 2.07 bits per heavy atom. The highest BCUT2D eigenvalue weighted by molar-refractivity contribution is 14.1. The number of carbonyl (C=O) groups excluding carboxylic acids is 1. The number of aryl methyl sites for hydroxylation is 1. The third-order valence-electron chi connectivity index (χ3n) is 1.76. The standard InChI is InChI=1S/C9H5ClFIO3/c1-3-2-4(12)7(11)5(6(3)10)8(13)9(14)15/h2H,1H3,(H,14,15). The Balaban J connectivity index is 3.53. The quantitative estimate of drug-likeness (QED) is 0.389. The minimum atomic E-state index is -1.72. The second-order valence-corrected chi connectivity index (χ2v) is 4.35. The first-order valence-corrected chi connectivity index (χ1v) is 5.23. The Labute approximate surface area is 103 Å². The van der Waals surface area contributed by atoms with Gasteiger partial charge >= 0.3 is 5.97 Å². The molecule has 0 atom stereocenters. The lowest BCUT2D eigenvalue weighted by atomic mass is 10.1. The Bertz CT molecular complexity index is 433. The molecular formula is C9H5ClFIO3. The van der Waals surface area contributed by atoms with Crippen molar-refractivity contribution in [3.05, 3.63) is 31.6 Å². The van der Waals surface area contributed by atoms with Gasteiger partial charge in [0, 0.05) is 3.57 Å². The molecule has 0 aliphatic heterocycles. The van der Waals surface area contributed by atoms with E-state index in [1.54, 1.807) is 29.5 Å². The molecule has 6 heteroatoms. The molecule has 0 amide bonds. The van der Waals surface area contributed by atoms with E-state index in [9.17, 15) is 14.0 Å². The summed E-state index contributed by atoms with van der Waals surface area (Å²) in [6, 6.07) is 1.44. The zero-order chi connectivity index (χ0) is 11.7. The second kappa shape index (κ2) is 4.44. The lowest BCUT2D eigenvalue weighted by Crippen LogP contribution is -2.16. The first-order valence-electron chi connectivity index (χ1n) is 3.78. The van der Waals surface area contributed by atoms with Crippen LogP contribution in [0.4, 0.5) is 4.39 Å². The molecular weight excluding hydrogens is 337 g/mol. The normalized spacial score (nSPS) is 10.1. The van der Waals surface area contributed by atoms with Gasteiger partial charge in [-0.25, -0.2) is 9.18 Å². The van der Waals surface area contributed by atoms with Gasteiger partial charge in [0.1, 0.15) is 5.82 Å². The van der Waals surface area contributed by atoms with Crippen LogP contribution >= 0.6 is 34.2 Å². The van der Waals surface area contributed by atoms with Gasteiger partial charge in [-0.3, -0.25) is 4.79 Å². The molecule has 0 aliphatic carbocycles. The molecule has 0 bridgehead atoms. The van der Waals surface area contributed by atoms with E-state index < -0.39 is 23.1 Å². The van der Waals surface area contributed by atoms with Crippen LogP contribution in [0, 0.1) is 16.3 Å². The van der Waals surface area contributed by atoms with Gasteiger partial charge in [0.15, 0.2) is 0 Å². The highest BCUT2D eigenvalue weighted by Gasteiger charge is 2.25. The summed E-state index contributed by atoms with van der Waals surface area (Å²) in [6.45, 7) is 1.57. The van der Waals surface area contributed by atoms with E-state index in [-0.39, 0.29) is 8.59 Å². The summed E-state index contributed by atoms with van der Waals surface area (Å²) in [7, 11) is 0. The van der Waals surface area contributed by atoms with Crippen LogP contribution in [0.25, 0.3) is 0 Å². The maximum absolute atomic E-state index is 13.5. The number of rotatable bonds is 2. The zero-order valence-corrected chi connectivity index (χ0v) is 10.4. The largest absolute Gasteiger partial charge is 0.475 e. The van der Waals surface area contributed by atoms with Crippen molar-refractivity contribution in [2.24, 2.45) is 0 Å². The van der Waals surface area contributed by atoms with Crippen LogP contribution in [0.15, 0.2) is 6.07 Å². The fourth-order valence-corrected chi connectivity index (χ4v) is 2.00. The molecule has 0 fully saturated rings. The summed E-state index contributed by atoms with van der Waals surface area (Å²) in [5, 5.41) is 8.34. The minimum absolute atomic E-state index is 0.152. The Morgan fingerprint density at radius 3 is 2.53 bits per heavy atom. The van der Waals surface area contributed by atoms with Gasteiger partial charge in [0.2, 0.25) is 0 Å². The van der Waals surface area contributed by atoms with Gasteiger partial charge in [0.25, 0.3) is 5.78 Å². The third-order valence-corrected chi connectivity index (χ3v) is 3.03. The molecule has 1 aromatic rings. The summed E-state index contributed by atoms with van der Waals surface area (Å²) in [4.78, 5) is 21.6. The van der Waals surface area contributed by atoms with E-state index in [1.807, 2.05) is 0 Å². The maximum atomic E-state index is 13.5. The number of halogens is 3. The molecule has 1 aromatic carbocycles. The average molecular weight is 342 g/mol. The topological polar surface area (TPSA) is 54.4 Å². The van der Waals surface area contributed by atoms with Crippen LogP contribution in [-0.2, 0) is 4.79 Å². The number of ketones is 1. The summed E-state index contributed by atoms with van der Waals surface area (Å²) in [6.07, 6.45) is 0. The predicted octanol–water partition coefficient (Wildman–Crippen LogP) is 2.66. The van der Waals surface area contributed by atoms with E-state index >= 15 is 0 Å². The van der Waals surface area contributed by atoms with Crippen molar-refractivity contribution in [1.82, 2.24) is 0 Å². The van der Waals surface area contributed by atoms with Crippen LogP contribution in [0.1, 0.15) is 15.9 Å². The smallest absolute Gasteiger partial charge is 0.377 e. The number of hydrogen-bond acceptors (Lipinski definition) is 2. The fraction of sp³-hybridized carbons (Fsp3) is 0.111. The van der Waals surface area contributed by atoms with Gasteiger partial charge in [-0.1, -0.05) is 11.6 Å². The highest BCUT2D eigenvalue weighted by atomic mass is 127. The van der Waals surface area contributed by atoms with Gasteiger partial charge in [-0.05, 0) is 41.1 Å². The fourth-order valence-electron chi connectivity index (χ4n) is 1.04. The van der Waals surface area contributed by atoms with Gasteiger partial charge < -0.3 is 5.11 Å².